The summed E-state index contributed by atoms with van der Waals surface area (Å²) >= 11 is 0. The van der Waals surface area contributed by atoms with Crippen molar-refractivity contribution in [3.05, 3.63) is 60.4 Å². The summed E-state index contributed by atoms with van der Waals surface area (Å²) in [6, 6.07) is 15.5. The molecule has 0 saturated carbocycles. The second-order valence-corrected chi connectivity index (χ2v) is 5.61. The van der Waals surface area contributed by atoms with Crippen LogP contribution in [0.4, 0.5) is 0 Å². The fraction of sp³-hybridized carbons (Fsp3) is 0.353. The summed E-state index contributed by atoms with van der Waals surface area (Å²) in [5.74, 6) is 0.800. The number of aliphatic hydroxyl groups is 1. The summed E-state index contributed by atoms with van der Waals surface area (Å²) in [5, 5.41) is 10.6. The summed E-state index contributed by atoms with van der Waals surface area (Å²) in [4.78, 5) is 6.55. The van der Waals surface area contributed by atoms with E-state index in [4.69, 9.17) is 4.74 Å². The maximum Gasteiger partial charge on any atom is 0.119 e. The fourth-order valence-electron chi connectivity index (χ4n) is 2.65. The molecule has 4 heteroatoms. The van der Waals surface area contributed by atoms with Crippen molar-refractivity contribution in [2.45, 2.75) is 18.6 Å². The molecule has 1 N–H and O–H groups in total. The number of hydrogen-bond acceptors (Lipinski definition) is 4. The Kier molecular flexibility index (Phi) is 4.18. The van der Waals surface area contributed by atoms with E-state index < -0.39 is 5.60 Å². The number of nitrogens with zero attached hydrogens (tertiary/aromatic N) is 2. The van der Waals surface area contributed by atoms with Crippen molar-refractivity contribution in [3.63, 3.8) is 0 Å². The summed E-state index contributed by atoms with van der Waals surface area (Å²) in [6.45, 7) is 2.59. The number of likely N-dealkylation sites (tertiary alicyclic amines) is 1. The number of pyridine rings is 1. The molecule has 0 unspecified atom stereocenters. The molecule has 2 heterocycles. The molecule has 2 aromatic rings. The van der Waals surface area contributed by atoms with Crippen LogP contribution in [0.25, 0.3) is 0 Å². The fourth-order valence-corrected chi connectivity index (χ4v) is 2.65. The lowest BCUT2D eigenvalue weighted by molar-refractivity contribution is 0.00330. The van der Waals surface area contributed by atoms with E-state index in [1.54, 1.807) is 6.20 Å². The van der Waals surface area contributed by atoms with Crippen LogP contribution in [0, 0.1) is 0 Å². The summed E-state index contributed by atoms with van der Waals surface area (Å²) in [6.07, 6.45) is 2.53. The molecule has 3 rings (SSSR count). The zero-order valence-electron chi connectivity index (χ0n) is 12.0. The molecular weight excluding hydrogens is 264 g/mol. The van der Waals surface area contributed by atoms with Gasteiger partial charge >= 0.3 is 0 Å². The molecule has 0 radical (unpaired) electrons. The van der Waals surface area contributed by atoms with Crippen LogP contribution in [-0.2, 0) is 6.54 Å². The smallest absolute Gasteiger partial charge is 0.119 e. The highest BCUT2D eigenvalue weighted by Crippen LogP contribution is 2.24. The third-order valence-corrected chi connectivity index (χ3v) is 3.77. The Morgan fingerprint density at radius 3 is 2.71 bits per heavy atom. The lowest BCUT2D eigenvalue weighted by Crippen LogP contribution is -2.39. The van der Waals surface area contributed by atoms with Gasteiger partial charge in [0, 0.05) is 25.8 Å². The van der Waals surface area contributed by atoms with Crippen molar-refractivity contribution in [2.24, 2.45) is 0 Å². The number of aromatic nitrogens is 1. The average molecular weight is 284 g/mol. The Morgan fingerprint density at radius 2 is 1.95 bits per heavy atom. The van der Waals surface area contributed by atoms with Crippen LogP contribution in [0.3, 0.4) is 0 Å². The van der Waals surface area contributed by atoms with Crippen LogP contribution in [0.15, 0.2) is 54.7 Å². The number of benzene rings is 1. The highest BCUT2D eigenvalue weighted by Gasteiger charge is 2.36. The molecule has 4 nitrogen and oxygen atoms in total. The van der Waals surface area contributed by atoms with Gasteiger partial charge in [0.2, 0.25) is 0 Å². The first-order valence-electron chi connectivity index (χ1n) is 7.26. The molecule has 1 aromatic heterocycles. The van der Waals surface area contributed by atoms with Gasteiger partial charge in [-0.15, -0.1) is 0 Å². The van der Waals surface area contributed by atoms with E-state index in [1.807, 2.05) is 48.5 Å². The van der Waals surface area contributed by atoms with Gasteiger partial charge < -0.3 is 9.84 Å². The Morgan fingerprint density at radius 1 is 1.14 bits per heavy atom. The molecule has 1 fully saturated rings. The van der Waals surface area contributed by atoms with Gasteiger partial charge in [0.1, 0.15) is 18.0 Å². The molecule has 0 bridgehead atoms. The van der Waals surface area contributed by atoms with Crippen LogP contribution in [0.2, 0.25) is 0 Å². The van der Waals surface area contributed by atoms with Gasteiger partial charge in [0.25, 0.3) is 0 Å². The number of hydrogen-bond donors (Lipinski definition) is 1. The predicted octanol–water partition coefficient (Wildman–Crippen LogP) is 2.10. The first kappa shape index (κ1) is 14.0. The van der Waals surface area contributed by atoms with Gasteiger partial charge in [-0.1, -0.05) is 24.3 Å². The van der Waals surface area contributed by atoms with E-state index in [1.165, 1.54) is 0 Å². The number of para-hydroxylation sites is 1. The first-order chi connectivity index (χ1) is 10.2. The molecule has 1 aromatic carbocycles. The third kappa shape index (κ3) is 3.80. The Bertz CT molecular complexity index is 562. The van der Waals surface area contributed by atoms with Crippen molar-refractivity contribution in [1.82, 2.24) is 9.88 Å². The van der Waals surface area contributed by atoms with Gasteiger partial charge in [-0.3, -0.25) is 9.88 Å². The summed E-state index contributed by atoms with van der Waals surface area (Å²) in [5.41, 5.74) is 0.260. The minimum absolute atomic E-state index is 0.329. The van der Waals surface area contributed by atoms with E-state index in [2.05, 4.69) is 9.88 Å². The van der Waals surface area contributed by atoms with Crippen molar-refractivity contribution >= 4 is 0 Å². The van der Waals surface area contributed by atoms with Crippen LogP contribution in [0.5, 0.6) is 5.75 Å². The molecule has 21 heavy (non-hydrogen) atoms. The van der Waals surface area contributed by atoms with E-state index >= 15 is 0 Å². The second kappa shape index (κ2) is 6.24. The third-order valence-electron chi connectivity index (χ3n) is 3.77. The van der Waals surface area contributed by atoms with Gasteiger partial charge in [-0.25, -0.2) is 0 Å². The standard InChI is InChI=1S/C17H20N2O2/c20-17(14-21-16-7-2-1-3-8-16)9-11-19(13-17)12-15-6-4-5-10-18-15/h1-8,10,20H,9,11-14H2/t17-/m1/s1. The Balaban J connectivity index is 1.53. The molecule has 1 aliphatic rings. The number of β-amino-alcohol motifs (C(OH)–C–C–N with tert-alkyl or cyclic N) is 1. The van der Waals surface area contributed by atoms with Crippen LogP contribution in [0.1, 0.15) is 12.1 Å². The predicted molar refractivity (Wildman–Crippen MR) is 81.0 cm³/mol. The maximum atomic E-state index is 10.6. The highest BCUT2D eigenvalue weighted by molar-refractivity contribution is 5.21. The minimum Gasteiger partial charge on any atom is -0.491 e. The molecule has 0 spiro atoms. The van der Waals surface area contributed by atoms with Gasteiger partial charge in [-0.2, -0.15) is 0 Å². The lowest BCUT2D eigenvalue weighted by atomic mass is 10.1. The van der Waals surface area contributed by atoms with E-state index in [-0.39, 0.29) is 0 Å². The van der Waals surface area contributed by atoms with Crippen LogP contribution in [-0.4, -0.2) is 40.3 Å². The minimum atomic E-state index is -0.773. The molecule has 1 aliphatic heterocycles. The highest BCUT2D eigenvalue weighted by atomic mass is 16.5. The monoisotopic (exact) mass is 284 g/mol. The zero-order valence-corrected chi connectivity index (χ0v) is 12.0. The van der Waals surface area contributed by atoms with E-state index in [0.29, 0.717) is 13.2 Å². The van der Waals surface area contributed by atoms with Crippen LogP contribution < -0.4 is 4.74 Å². The zero-order chi connectivity index (χ0) is 14.5. The molecule has 1 saturated heterocycles. The lowest BCUT2D eigenvalue weighted by Gasteiger charge is -2.23. The molecule has 0 aliphatic carbocycles. The normalized spacial score (nSPS) is 22.3. The van der Waals surface area contributed by atoms with Gasteiger partial charge in [-0.05, 0) is 30.7 Å². The summed E-state index contributed by atoms with van der Waals surface area (Å²) < 4.78 is 5.70. The van der Waals surface area contributed by atoms with E-state index in [0.717, 1.165) is 31.0 Å². The van der Waals surface area contributed by atoms with E-state index in [9.17, 15) is 5.11 Å². The molecular formula is C17H20N2O2. The molecule has 0 amide bonds. The summed E-state index contributed by atoms with van der Waals surface area (Å²) in [7, 11) is 0. The average Bonchev–Trinajstić information content (AvgIpc) is 2.89. The quantitative estimate of drug-likeness (QED) is 0.913. The molecule has 110 valence electrons. The topological polar surface area (TPSA) is 45.6 Å². The largest absolute Gasteiger partial charge is 0.491 e. The van der Waals surface area contributed by atoms with Crippen molar-refractivity contribution < 1.29 is 9.84 Å². The van der Waals surface area contributed by atoms with Gasteiger partial charge in [0.05, 0.1) is 5.69 Å². The van der Waals surface area contributed by atoms with Gasteiger partial charge in [0.15, 0.2) is 0 Å². The SMILES string of the molecule is O[C@]1(COc2ccccc2)CCN(Cc2ccccn2)C1. The van der Waals surface area contributed by atoms with Crippen LogP contribution >= 0.6 is 0 Å². The van der Waals surface area contributed by atoms with Crippen molar-refractivity contribution in [3.8, 4) is 5.75 Å². The number of rotatable bonds is 5. The Hall–Kier alpha value is -1.91. The first-order valence-corrected chi connectivity index (χ1v) is 7.26. The number of ether oxygens (including phenoxy) is 1. The second-order valence-electron chi connectivity index (χ2n) is 5.61. The maximum absolute atomic E-state index is 10.6. The molecule has 1 atom stereocenters. The van der Waals surface area contributed by atoms with Crippen molar-refractivity contribution in [1.29, 1.82) is 0 Å². The van der Waals surface area contributed by atoms with Crippen molar-refractivity contribution in [2.75, 3.05) is 19.7 Å². The Labute approximate surface area is 125 Å².